The predicted molar refractivity (Wildman–Crippen MR) is 97.4 cm³/mol. The molecule has 5 nitrogen and oxygen atoms in total. The lowest BCUT2D eigenvalue weighted by Gasteiger charge is -2.22. The third kappa shape index (κ3) is 4.71. The highest BCUT2D eigenvalue weighted by molar-refractivity contribution is 5.94. The number of nitrogens with zero attached hydrogens (tertiary/aromatic N) is 2. The Kier molecular flexibility index (Phi) is 7.06. The van der Waals surface area contributed by atoms with Crippen molar-refractivity contribution in [3.63, 3.8) is 0 Å². The molecular weight excluding hydrogens is 302 g/mol. The Hall–Kier alpha value is -1.59. The van der Waals surface area contributed by atoms with Crippen LogP contribution in [0.2, 0.25) is 0 Å². The molecule has 2 unspecified atom stereocenters. The van der Waals surface area contributed by atoms with Crippen LogP contribution in [0.3, 0.4) is 0 Å². The Morgan fingerprint density at radius 3 is 2.50 bits per heavy atom. The average molecular weight is 333 g/mol. The van der Waals surface area contributed by atoms with Gasteiger partial charge in [0.05, 0.1) is 0 Å². The van der Waals surface area contributed by atoms with E-state index in [2.05, 4.69) is 25.7 Å². The fourth-order valence-electron chi connectivity index (χ4n) is 3.29. The molecule has 1 aromatic carbocycles. The molecule has 0 spiro atoms. The maximum Gasteiger partial charge on any atom is 0.254 e. The van der Waals surface area contributed by atoms with Gasteiger partial charge in [-0.2, -0.15) is 0 Å². The Labute approximate surface area is 145 Å². The predicted octanol–water partition coefficient (Wildman–Crippen LogP) is 2.22. The van der Waals surface area contributed by atoms with Gasteiger partial charge in [0.15, 0.2) is 0 Å². The number of carbonyl (C=O) groups is 1. The molecule has 24 heavy (non-hydrogen) atoms. The molecule has 1 saturated heterocycles. The molecule has 1 fully saturated rings. The van der Waals surface area contributed by atoms with E-state index in [1.54, 1.807) is 0 Å². The summed E-state index contributed by atoms with van der Waals surface area (Å²) in [5, 5.41) is 0. The van der Waals surface area contributed by atoms with Crippen molar-refractivity contribution in [2.45, 2.75) is 33.2 Å². The molecular formula is C19H31N3O2. The van der Waals surface area contributed by atoms with Gasteiger partial charge in [0, 0.05) is 24.7 Å². The van der Waals surface area contributed by atoms with E-state index in [0.717, 1.165) is 43.9 Å². The second-order valence-electron chi connectivity index (χ2n) is 6.54. The number of rotatable bonds is 8. The highest BCUT2D eigenvalue weighted by atomic mass is 16.5. The van der Waals surface area contributed by atoms with Gasteiger partial charge < -0.3 is 20.3 Å². The van der Waals surface area contributed by atoms with Crippen LogP contribution in [0, 0.1) is 5.92 Å². The molecule has 1 aromatic rings. The van der Waals surface area contributed by atoms with Crippen molar-refractivity contribution in [1.29, 1.82) is 0 Å². The smallest absolute Gasteiger partial charge is 0.254 e. The number of amides is 1. The first-order valence-electron chi connectivity index (χ1n) is 9.05. The topological polar surface area (TPSA) is 58.8 Å². The number of benzene rings is 1. The molecule has 2 rings (SSSR count). The van der Waals surface area contributed by atoms with Gasteiger partial charge in [0.25, 0.3) is 5.91 Å². The van der Waals surface area contributed by atoms with Crippen LogP contribution in [-0.4, -0.2) is 61.1 Å². The van der Waals surface area contributed by atoms with Gasteiger partial charge in [0.2, 0.25) is 0 Å². The Morgan fingerprint density at radius 1 is 1.29 bits per heavy atom. The molecule has 0 aromatic heterocycles. The lowest BCUT2D eigenvalue weighted by Crippen LogP contribution is -2.34. The first-order chi connectivity index (χ1) is 11.6. The van der Waals surface area contributed by atoms with Gasteiger partial charge in [-0.05, 0) is 63.2 Å². The van der Waals surface area contributed by atoms with Crippen molar-refractivity contribution < 1.29 is 9.53 Å². The summed E-state index contributed by atoms with van der Waals surface area (Å²) in [7, 11) is 0. The van der Waals surface area contributed by atoms with Crippen LogP contribution in [0.15, 0.2) is 24.3 Å². The summed E-state index contributed by atoms with van der Waals surface area (Å²) in [5.41, 5.74) is 6.46. The summed E-state index contributed by atoms with van der Waals surface area (Å²) < 4.78 is 5.77. The minimum Gasteiger partial charge on any atom is -0.492 e. The molecule has 0 bridgehead atoms. The van der Waals surface area contributed by atoms with Crippen molar-refractivity contribution in [2.75, 3.05) is 39.3 Å². The van der Waals surface area contributed by atoms with Gasteiger partial charge in [-0.25, -0.2) is 0 Å². The molecule has 1 aliphatic heterocycles. The zero-order valence-corrected chi connectivity index (χ0v) is 15.2. The molecule has 1 heterocycles. The normalized spacial score (nSPS) is 20.6. The highest BCUT2D eigenvalue weighted by Gasteiger charge is 2.31. The zero-order valence-electron chi connectivity index (χ0n) is 15.2. The van der Waals surface area contributed by atoms with Gasteiger partial charge in [-0.3, -0.25) is 4.79 Å². The third-order valence-corrected chi connectivity index (χ3v) is 4.93. The van der Waals surface area contributed by atoms with E-state index in [1.807, 2.05) is 29.2 Å². The number of nitrogens with two attached hydrogens (primary N) is 1. The molecule has 1 amide bonds. The van der Waals surface area contributed by atoms with Crippen molar-refractivity contribution in [1.82, 2.24) is 9.80 Å². The summed E-state index contributed by atoms with van der Waals surface area (Å²) in [6.07, 6.45) is 0.995. The molecule has 2 N–H and O–H groups in total. The number of hydrogen-bond acceptors (Lipinski definition) is 4. The number of carbonyl (C=O) groups excluding carboxylic acids is 1. The maximum atomic E-state index is 12.6. The summed E-state index contributed by atoms with van der Waals surface area (Å²) in [4.78, 5) is 16.9. The van der Waals surface area contributed by atoms with Gasteiger partial charge in [-0.1, -0.05) is 13.8 Å². The maximum absolute atomic E-state index is 12.6. The summed E-state index contributed by atoms with van der Waals surface area (Å²) in [5.74, 6) is 1.33. The Bertz CT molecular complexity index is 514. The van der Waals surface area contributed by atoms with Crippen molar-refractivity contribution in [3.05, 3.63) is 29.8 Å². The quantitative estimate of drug-likeness (QED) is 0.792. The summed E-state index contributed by atoms with van der Waals surface area (Å²) in [6, 6.07) is 7.75. The Balaban J connectivity index is 1.88. The molecule has 1 aliphatic rings. The molecule has 0 saturated carbocycles. The van der Waals surface area contributed by atoms with Crippen LogP contribution in [0.4, 0.5) is 0 Å². The van der Waals surface area contributed by atoms with E-state index >= 15 is 0 Å². The molecule has 5 heteroatoms. The largest absolute Gasteiger partial charge is 0.492 e. The third-order valence-electron chi connectivity index (χ3n) is 4.93. The Morgan fingerprint density at radius 2 is 1.96 bits per heavy atom. The van der Waals surface area contributed by atoms with Crippen LogP contribution < -0.4 is 10.5 Å². The molecule has 0 aliphatic carbocycles. The first-order valence-corrected chi connectivity index (χ1v) is 9.05. The van der Waals surface area contributed by atoms with E-state index in [9.17, 15) is 4.79 Å². The summed E-state index contributed by atoms with van der Waals surface area (Å²) >= 11 is 0. The standard InChI is InChI=1S/C19H31N3O2/c1-4-21(5-2)10-11-24-18-8-6-17(7-9-18)19(23)22-14-16(13-20)12-15(22)3/h6-9,15-16H,4-5,10-14,20H2,1-3H3. The molecule has 0 radical (unpaired) electrons. The number of hydrogen-bond donors (Lipinski definition) is 1. The fourth-order valence-corrected chi connectivity index (χ4v) is 3.29. The van der Waals surface area contributed by atoms with Gasteiger partial charge in [-0.15, -0.1) is 0 Å². The second-order valence-corrected chi connectivity index (χ2v) is 6.54. The number of ether oxygens (including phenoxy) is 1. The van der Waals surface area contributed by atoms with E-state index in [1.165, 1.54) is 0 Å². The van der Waals surface area contributed by atoms with Gasteiger partial charge >= 0.3 is 0 Å². The highest BCUT2D eigenvalue weighted by Crippen LogP contribution is 2.24. The van der Waals surface area contributed by atoms with E-state index in [0.29, 0.717) is 19.1 Å². The van der Waals surface area contributed by atoms with Crippen LogP contribution >= 0.6 is 0 Å². The lowest BCUT2D eigenvalue weighted by atomic mass is 10.1. The first kappa shape index (κ1) is 18.7. The minimum atomic E-state index is 0.0909. The van der Waals surface area contributed by atoms with Crippen LogP contribution in [0.1, 0.15) is 37.6 Å². The lowest BCUT2D eigenvalue weighted by molar-refractivity contribution is 0.0743. The van der Waals surface area contributed by atoms with Crippen LogP contribution in [-0.2, 0) is 0 Å². The molecule has 134 valence electrons. The SMILES string of the molecule is CCN(CC)CCOc1ccc(C(=O)N2CC(CN)CC2C)cc1. The zero-order chi connectivity index (χ0) is 17.5. The fraction of sp³-hybridized carbons (Fsp3) is 0.632. The number of likely N-dealkylation sites (tertiary alicyclic amines) is 1. The van der Waals surface area contributed by atoms with Crippen LogP contribution in [0.5, 0.6) is 5.75 Å². The monoisotopic (exact) mass is 333 g/mol. The van der Waals surface area contributed by atoms with E-state index in [4.69, 9.17) is 10.5 Å². The van der Waals surface area contributed by atoms with Gasteiger partial charge in [0.1, 0.15) is 12.4 Å². The van der Waals surface area contributed by atoms with E-state index in [-0.39, 0.29) is 11.9 Å². The van der Waals surface area contributed by atoms with Crippen LogP contribution in [0.25, 0.3) is 0 Å². The van der Waals surface area contributed by atoms with Crippen molar-refractivity contribution in [2.24, 2.45) is 11.7 Å². The van der Waals surface area contributed by atoms with Crippen molar-refractivity contribution in [3.8, 4) is 5.75 Å². The van der Waals surface area contributed by atoms with Crippen molar-refractivity contribution >= 4 is 5.91 Å². The average Bonchev–Trinajstić information content (AvgIpc) is 2.99. The number of likely N-dealkylation sites (N-methyl/N-ethyl adjacent to an activating group) is 1. The minimum absolute atomic E-state index is 0.0909. The summed E-state index contributed by atoms with van der Waals surface area (Å²) in [6.45, 7) is 11.5. The van der Waals surface area contributed by atoms with E-state index < -0.39 is 0 Å². The second kappa shape index (κ2) is 9.04. The molecule has 2 atom stereocenters.